The molecule has 1 amide bonds. The fourth-order valence-electron chi connectivity index (χ4n) is 3.51. The lowest BCUT2D eigenvalue weighted by molar-refractivity contribution is 0.0614. The van der Waals surface area contributed by atoms with Crippen molar-refractivity contribution in [1.82, 2.24) is 19.8 Å². The molecule has 6 heteroatoms. The molecule has 0 saturated heterocycles. The molecule has 23 heavy (non-hydrogen) atoms. The predicted octanol–water partition coefficient (Wildman–Crippen LogP) is 2.34. The Balaban J connectivity index is 1.46. The Labute approximate surface area is 135 Å². The lowest BCUT2D eigenvalue weighted by Crippen LogP contribution is -2.46. The third-order valence-corrected chi connectivity index (χ3v) is 5.06. The smallest absolute Gasteiger partial charge is 0.271 e. The topological polar surface area (TPSA) is 63.3 Å². The second-order valence-corrected chi connectivity index (χ2v) is 6.44. The van der Waals surface area contributed by atoms with Gasteiger partial charge in [0.2, 0.25) is 0 Å². The van der Waals surface area contributed by atoms with E-state index in [0.717, 1.165) is 24.7 Å². The number of aromatic nitrogens is 2. The van der Waals surface area contributed by atoms with Crippen LogP contribution < -0.4 is 5.32 Å². The molecule has 3 heterocycles. The molecule has 2 aliphatic rings. The van der Waals surface area contributed by atoms with Gasteiger partial charge in [-0.15, -0.1) is 0 Å². The van der Waals surface area contributed by atoms with Gasteiger partial charge >= 0.3 is 0 Å². The number of rotatable bonds is 4. The molecule has 1 N–H and O–H groups in total. The van der Waals surface area contributed by atoms with Gasteiger partial charge in [0.15, 0.2) is 0 Å². The highest BCUT2D eigenvalue weighted by molar-refractivity contribution is 5.92. The van der Waals surface area contributed by atoms with Gasteiger partial charge in [-0.3, -0.25) is 9.69 Å². The van der Waals surface area contributed by atoms with Crippen molar-refractivity contribution in [2.24, 2.45) is 0 Å². The highest BCUT2D eigenvalue weighted by Gasteiger charge is 2.34. The summed E-state index contributed by atoms with van der Waals surface area (Å²) >= 11 is 0. The van der Waals surface area contributed by atoms with E-state index in [4.69, 9.17) is 4.42 Å². The van der Waals surface area contributed by atoms with Crippen LogP contribution in [0, 0.1) is 0 Å². The molecule has 2 aromatic rings. The summed E-state index contributed by atoms with van der Waals surface area (Å²) in [5.41, 5.74) is 0.494. The molecule has 0 spiro atoms. The molecule has 1 fully saturated rings. The van der Waals surface area contributed by atoms with Crippen LogP contribution in [0.5, 0.6) is 0 Å². The molecule has 2 aromatic heterocycles. The SMILES string of the molecule is CC1c2nc(C(=O)NCc3ccco3)cn2CCN1C1CCC1. The second-order valence-electron chi connectivity index (χ2n) is 6.44. The van der Waals surface area contributed by atoms with Gasteiger partial charge < -0.3 is 14.3 Å². The highest BCUT2D eigenvalue weighted by Crippen LogP contribution is 2.34. The van der Waals surface area contributed by atoms with Crippen LogP contribution in [0.3, 0.4) is 0 Å². The quantitative estimate of drug-likeness (QED) is 0.941. The fraction of sp³-hybridized carbons (Fsp3) is 0.529. The number of nitrogens with zero attached hydrogens (tertiary/aromatic N) is 3. The normalized spacial score (nSPS) is 21.7. The summed E-state index contributed by atoms with van der Waals surface area (Å²) in [4.78, 5) is 19.4. The zero-order chi connectivity index (χ0) is 15.8. The van der Waals surface area contributed by atoms with Crippen molar-refractivity contribution >= 4 is 5.91 Å². The van der Waals surface area contributed by atoms with Crippen molar-refractivity contribution in [3.8, 4) is 0 Å². The van der Waals surface area contributed by atoms with Crippen molar-refractivity contribution in [3.05, 3.63) is 41.9 Å². The Morgan fingerprint density at radius 1 is 1.43 bits per heavy atom. The Bertz CT molecular complexity index is 688. The molecular weight excluding hydrogens is 292 g/mol. The summed E-state index contributed by atoms with van der Waals surface area (Å²) in [7, 11) is 0. The van der Waals surface area contributed by atoms with Crippen molar-refractivity contribution in [2.75, 3.05) is 6.54 Å². The minimum absolute atomic E-state index is 0.148. The van der Waals surface area contributed by atoms with Crippen molar-refractivity contribution in [3.63, 3.8) is 0 Å². The monoisotopic (exact) mass is 314 g/mol. The van der Waals surface area contributed by atoms with E-state index < -0.39 is 0 Å². The van der Waals surface area contributed by atoms with Crippen molar-refractivity contribution in [2.45, 2.75) is 51.4 Å². The number of hydrogen-bond acceptors (Lipinski definition) is 4. The average molecular weight is 314 g/mol. The molecule has 122 valence electrons. The van der Waals surface area contributed by atoms with Crippen LogP contribution in [0.25, 0.3) is 0 Å². The molecule has 4 rings (SSSR count). The van der Waals surface area contributed by atoms with Crippen LogP contribution in [-0.4, -0.2) is 32.9 Å². The Morgan fingerprint density at radius 2 is 2.30 bits per heavy atom. The molecule has 1 aliphatic heterocycles. The largest absolute Gasteiger partial charge is 0.467 e. The molecule has 1 unspecified atom stereocenters. The summed E-state index contributed by atoms with van der Waals surface area (Å²) in [6.45, 7) is 4.54. The molecule has 0 bridgehead atoms. The summed E-state index contributed by atoms with van der Waals surface area (Å²) in [6, 6.07) is 4.64. The molecule has 1 aliphatic carbocycles. The highest BCUT2D eigenvalue weighted by atomic mass is 16.3. The number of imidazole rings is 1. The summed E-state index contributed by atoms with van der Waals surface area (Å²) in [6.07, 6.45) is 7.40. The van der Waals surface area contributed by atoms with Gasteiger partial charge in [-0.1, -0.05) is 6.42 Å². The minimum Gasteiger partial charge on any atom is -0.467 e. The van der Waals surface area contributed by atoms with Crippen LogP contribution in [0.15, 0.2) is 29.0 Å². The van der Waals surface area contributed by atoms with Crippen LogP contribution in [-0.2, 0) is 13.1 Å². The fourth-order valence-corrected chi connectivity index (χ4v) is 3.51. The molecule has 0 radical (unpaired) electrons. The third-order valence-electron chi connectivity index (χ3n) is 5.06. The van der Waals surface area contributed by atoms with E-state index in [9.17, 15) is 4.79 Å². The van der Waals surface area contributed by atoms with E-state index in [1.807, 2.05) is 18.3 Å². The number of amides is 1. The number of carbonyl (C=O) groups excluding carboxylic acids is 1. The van der Waals surface area contributed by atoms with E-state index in [-0.39, 0.29) is 11.9 Å². The van der Waals surface area contributed by atoms with E-state index in [1.165, 1.54) is 19.3 Å². The Hall–Kier alpha value is -2.08. The van der Waals surface area contributed by atoms with Crippen molar-refractivity contribution < 1.29 is 9.21 Å². The number of carbonyl (C=O) groups is 1. The van der Waals surface area contributed by atoms with Gasteiger partial charge in [-0.25, -0.2) is 4.98 Å². The van der Waals surface area contributed by atoms with E-state index >= 15 is 0 Å². The first-order valence-corrected chi connectivity index (χ1v) is 8.36. The molecule has 6 nitrogen and oxygen atoms in total. The molecule has 1 atom stereocenters. The van der Waals surface area contributed by atoms with E-state index in [1.54, 1.807) is 6.26 Å². The molecular formula is C17H22N4O2. The van der Waals surface area contributed by atoms with E-state index in [2.05, 4.69) is 26.7 Å². The molecule has 1 saturated carbocycles. The van der Waals surface area contributed by atoms with Crippen LogP contribution in [0.2, 0.25) is 0 Å². The first-order chi connectivity index (χ1) is 11.2. The number of fused-ring (bicyclic) bond motifs is 1. The maximum absolute atomic E-state index is 12.3. The Morgan fingerprint density at radius 3 is 3.00 bits per heavy atom. The van der Waals surface area contributed by atoms with Gasteiger partial charge in [0.25, 0.3) is 5.91 Å². The number of hydrogen-bond donors (Lipinski definition) is 1. The summed E-state index contributed by atoms with van der Waals surface area (Å²) in [5, 5.41) is 2.86. The number of nitrogens with one attached hydrogen (secondary N) is 1. The second kappa shape index (κ2) is 5.85. The minimum atomic E-state index is -0.148. The lowest BCUT2D eigenvalue weighted by Gasteiger charge is -2.43. The summed E-state index contributed by atoms with van der Waals surface area (Å²) < 4.78 is 7.36. The zero-order valence-electron chi connectivity index (χ0n) is 13.4. The molecule has 0 aromatic carbocycles. The summed E-state index contributed by atoms with van der Waals surface area (Å²) in [5.74, 6) is 1.60. The van der Waals surface area contributed by atoms with Crippen LogP contribution >= 0.6 is 0 Å². The average Bonchev–Trinajstić information content (AvgIpc) is 3.15. The maximum atomic E-state index is 12.3. The third kappa shape index (κ3) is 2.67. The van der Waals surface area contributed by atoms with Gasteiger partial charge in [0, 0.05) is 25.3 Å². The van der Waals surface area contributed by atoms with Crippen LogP contribution in [0.1, 0.15) is 54.3 Å². The van der Waals surface area contributed by atoms with Crippen LogP contribution in [0.4, 0.5) is 0 Å². The van der Waals surface area contributed by atoms with Gasteiger partial charge in [0.05, 0.1) is 18.8 Å². The van der Waals surface area contributed by atoms with Gasteiger partial charge in [0.1, 0.15) is 17.3 Å². The first kappa shape index (κ1) is 14.5. The lowest BCUT2D eigenvalue weighted by atomic mass is 9.90. The van der Waals surface area contributed by atoms with E-state index in [0.29, 0.717) is 18.3 Å². The predicted molar refractivity (Wildman–Crippen MR) is 84.9 cm³/mol. The van der Waals surface area contributed by atoms with Crippen molar-refractivity contribution in [1.29, 1.82) is 0 Å². The maximum Gasteiger partial charge on any atom is 0.271 e. The Kier molecular flexibility index (Phi) is 3.69. The standard InChI is InChI=1S/C17H22N4O2/c1-12-16-19-15(17(22)18-10-14-6-3-9-23-14)11-20(16)7-8-21(12)13-4-2-5-13/h3,6,9,11-13H,2,4-5,7-8,10H2,1H3,(H,18,22). The zero-order valence-corrected chi connectivity index (χ0v) is 13.4. The van der Waals surface area contributed by atoms with Gasteiger partial charge in [-0.05, 0) is 31.9 Å². The number of furan rings is 1. The first-order valence-electron chi connectivity index (χ1n) is 8.36. The van der Waals surface area contributed by atoms with Gasteiger partial charge in [-0.2, -0.15) is 0 Å².